The third kappa shape index (κ3) is 4.74. The SMILES string of the molecule is CC1(C)c2ccccc2-c2ccc(N(c3cc4c(cc3-c3ccccc3)oc3c5ccccc5c(-c5ccccc5)cc43)c3cccc4c3oc3ccccc34)cc21. The normalized spacial score (nSPS) is 13.1. The van der Waals surface area contributed by atoms with Crippen molar-refractivity contribution in [2.24, 2.45) is 0 Å². The number of furan rings is 2. The summed E-state index contributed by atoms with van der Waals surface area (Å²) in [5.41, 5.74) is 16.1. The first-order chi connectivity index (χ1) is 28.5. The highest BCUT2D eigenvalue weighted by molar-refractivity contribution is 6.21. The number of nitrogens with zero attached hydrogens (tertiary/aromatic N) is 1. The molecular weight excluding hydrogens is 707 g/mol. The highest BCUT2D eigenvalue weighted by Crippen LogP contribution is 2.53. The monoisotopic (exact) mass is 743 g/mol. The second-order valence-electron chi connectivity index (χ2n) is 16.0. The van der Waals surface area contributed by atoms with Crippen molar-refractivity contribution in [3.63, 3.8) is 0 Å². The van der Waals surface area contributed by atoms with Gasteiger partial charge in [0.25, 0.3) is 0 Å². The van der Waals surface area contributed by atoms with Gasteiger partial charge in [-0.3, -0.25) is 0 Å². The quantitative estimate of drug-likeness (QED) is 0.176. The maximum Gasteiger partial charge on any atom is 0.159 e. The van der Waals surface area contributed by atoms with Crippen LogP contribution >= 0.6 is 0 Å². The molecule has 58 heavy (non-hydrogen) atoms. The Kier molecular flexibility index (Phi) is 6.98. The second kappa shape index (κ2) is 12.3. The van der Waals surface area contributed by atoms with Crippen molar-refractivity contribution >= 4 is 71.7 Å². The predicted molar refractivity (Wildman–Crippen MR) is 242 cm³/mol. The molecule has 274 valence electrons. The van der Waals surface area contributed by atoms with Gasteiger partial charge in [-0.15, -0.1) is 0 Å². The summed E-state index contributed by atoms with van der Waals surface area (Å²) in [6, 6.07) is 67.6. The molecular formula is C55H37NO2. The zero-order chi connectivity index (χ0) is 38.5. The van der Waals surface area contributed by atoms with Gasteiger partial charge in [-0.25, -0.2) is 0 Å². The minimum atomic E-state index is -0.180. The summed E-state index contributed by atoms with van der Waals surface area (Å²) in [7, 11) is 0. The molecule has 0 spiro atoms. The zero-order valence-corrected chi connectivity index (χ0v) is 32.2. The standard InChI is InChI=1S/C55H37NO2/c1-55(2)47-25-13-11-21-38(47)39-29-28-36(30-48(39)55)56(49-26-15-24-42-40-22-12-14-27-51(40)57-54(42)49)50-32-45-46-31-43(34-16-5-3-6-17-34)37-20-9-10-23-41(37)53(46)58-52(45)33-44(50)35-18-7-4-8-19-35/h3-33H,1-2H3. The summed E-state index contributed by atoms with van der Waals surface area (Å²) in [6.07, 6.45) is 0. The Labute approximate surface area is 336 Å². The van der Waals surface area contributed by atoms with Crippen LogP contribution in [0.2, 0.25) is 0 Å². The summed E-state index contributed by atoms with van der Waals surface area (Å²) < 4.78 is 13.8. The number of benzene rings is 9. The number of hydrogen-bond acceptors (Lipinski definition) is 3. The van der Waals surface area contributed by atoms with E-state index in [9.17, 15) is 0 Å². The number of hydrogen-bond donors (Lipinski definition) is 0. The molecule has 0 unspecified atom stereocenters. The molecule has 2 heterocycles. The lowest BCUT2D eigenvalue weighted by molar-refractivity contribution is 0.660. The first kappa shape index (κ1) is 32.8. The van der Waals surface area contributed by atoms with Crippen molar-refractivity contribution < 1.29 is 8.83 Å². The number of rotatable bonds is 5. The number of para-hydroxylation sites is 2. The molecule has 0 N–H and O–H groups in total. The summed E-state index contributed by atoms with van der Waals surface area (Å²) in [5.74, 6) is 0. The maximum absolute atomic E-state index is 6.96. The Bertz CT molecular complexity index is 3430. The van der Waals surface area contributed by atoms with E-state index < -0.39 is 0 Å². The Morgan fingerprint density at radius 1 is 0.362 bits per heavy atom. The maximum atomic E-state index is 6.96. The van der Waals surface area contributed by atoms with Gasteiger partial charge in [-0.1, -0.05) is 159 Å². The topological polar surface area (TPSA) is 29.5 Å². The van der Waals surface area contributed by atoms with Gasteiger partial charge in [0.1, 0.15) is 16.7 Å². The fourth-order valence-electron chi connectivity index (χ4n) is 9.67. The van der Waals surface area contributed by atoms with Crippen LogP contribution in [-0.2, 0) is 5.41 Å². The summed E-state index contributed by atoms with van der Waals surface area (Å²) in [6.45, 7) is 4.69. The Hall–Kier alpha value is -7.36. The predicted octanol–water partition coefficient (Wildman–Crippen LogP) is 15.7. The van der Waals surface area contributed by atoms with E-state index in [1.807, 2.05) is 6.07 Å². The van der Waals surface area contributed by atoms with E-state index in [2.05, 4.69) is 201 Å². The molecule has 11 aromatic rings. The van der Waals surface area contributed by atoms with E-state index >= 15 is 0 Å². The first-order valence-corrected chi connectivity index (χ1v) is 20.0. The lowest BCUT2D eigenvalue weighted by atomic mass is 9.82. The third-order valence-corrected chi connectivity index (χ3v) is 12.5. The van der Waals surface area contributed by atoms with Crippen molar-refractivity contribution in [1.29, 1.82) is 0 Å². The molecule has 12 rings (SSSR count). The van der Waals surface area contributed by atoms with E-state index in [1.165, 1.54) is 38.8 Å². The van der Waals surface area contributed by atoms with Gasteiger partial charge in [-0.2, -0.15) is 0 Å². The van der Waals surface area contributed by atoms with E-state index in [0.717, 1.165) is 77.5 Å². The van der Waals surface area contributed by atoms with Crippen molar-refractivity contribution in [3.05, 3.63) is 199 Å². The fourth-order valence-corrected chi connectivity index (χ4v) is 9.67. The van der Waals surface area contributed by atoms with Crippen molar-refractivity contribution in [3.8, 4) is 33.4 Å². The molecule has 3 heteroatoms. The molecule has 0 fully saturated rings. The molecule has 1 aliphatic rings. The molecule has 0 saturated carbocycles. The van der Waals surface area contributed by atoms with Crippen molar-refractivity contribution in [2.75, 3.05) is 4.90 Å². The molecule has 3 nitrogen and oxygen atoms in total. The average molecular weight is 744 g/mol. The largest absolute Gasteiger partial charge is 0.455 e. The van der Waals surface area contributed by atoms with Crippen LogP contribution in [0.3, 0.4) is 0 Å². The van der Waals surface area contributed by atoms with Crippen molar-refractivity contribution in [1.82, 2.24) is 0 Å². The minimum Gasteiger partial charge on any atom is -0.455 e. The van der Waals surface area contributed by atoms with E-state index in [-0.39, 0.29) is 5.41 Å². The molecule has 0 amide bonds. The van der Waals surface area contributed by atoms with Crippen LogP contribution in [0.5, 0.6) is 0 Å². The second-order valence-corrected chi connectivity index (χ2v) is 16.0. The lowest BCUT2D eigenvalue weighted by Crippen LogP contribution is -2.17. The molecule has 0 bridgehead atoms. The van der Waals surface area contributed by atoms with Crippen LogP contribution in [0.4, 0.5) is 17.1 Å². The smallest absolute Gasteiger partial charge is 0.159 e. The molecule has 0 radical (unpaired) electrons. The highest BCUT2D eigenvalue weighted by Gasteiger charge is 2.36. The van der Waals surface area contributed by atoms with E-state index in [4.69, 9.17) is 8.83 Å². The number of anilines is 3. The third-order valence-electron chi connectivity index (χ3n) is 12.5. The van der Waals surface area contributed by atoms with Crippen LogP contribution < -0.4 is 4.90 Å². The molecule has 2 aromatic heterocycles. The van der Waals surface area contributed by atoms with Crippen molar-refractivity contribution in [2.45, 2.75) is 19.3 Å². The average Bonchev–Trinajstić information content (AvgIpc) is 3.91. The van der Waals surface area contributed by atoms with Crippen LogP contribution in [0.15, 0.2) is 197 Å². The molecule has 0 aliphatic heterocycles. The minimum absolute atomic E-state index is 0.180. The molecule has 0 saturated heterocycles. The van der Waals surface area contributed by atoms with Gasteiger partial charge >= 0.3 is 0 Å². The highest BCUT2D eigenvalue weighted by atomic mass is 16.3. The Balaban J connectivity index is 1.20. The van der Waals surface area contributed by atoms with E-state index in [1.54, 1.807) is 0 Å². The van der Waals surface area contributed by atoms with Crippen LogP contribution in [0, 0.1) is 0 Å². The van der Waals surface area contributed by atoms with Gasteiger partial charge in [0.15, 0.2) is 5.58 Å². The Morgan fingerprint density at radius 2 is 0.983 bits per heavy atom. The van der Waals surface area contributed by atoms with Gasteiger partial charge in [0.05, 0.1) is 11.4 Å². The molecule has 9 aromatic carbocycles. The summed E-state index contributed by atoms with van der Waals surface area (Å²) >= 11 is 0. The van der Waals surface area contributed by atoms with Crippen LogP contribution in [0.1, 0.15) is 25.0 Å². The zero-order valence-electron chi connectivity index (χ0n) is 32.2. The van der Waals surface area contributed by atoms with Crippen LogP contribution in [0.25, 0.3) is 88.0 Å². The first-order valence-electron chi connectivity index (χ1n) is 20.0. The van der Waals surface area contributed by atoms with E-state index in [0.29, 0.717) is 0 Å². The Morgan fingerprint density at radius 3 is 1.79 bits per heavy atom. The van der Waals surface area contributed by atoms with Gasteiger partial charge in [0.2, 0.25) is 0 Å². The summed E-state index contributed by atoms with van der Waals surface area (Å²) in [4.78, 5) is 2.42. The molecule has 0 atom stereocenters. The van der Waals surface area contributed by atoms with Crippen LogP contribution in [-0.4, -0.2) is 0 Å². The summed E-state index contributed by atoms with van der Waals surface area (Å²) in [5, 5.41) is 6.60. The van der Waals surface area contributed by atoms with Gasteiger partial charge in [-0.05, 0) is 86.8 Å². The fraction of sp³-hybridized carbons (Fsp3) is 0.0545. The molecule has 1 aliphatic carbocycles. The lowest BCUT2D eigenvalue weighted by Gasteiger charge is -2.30. The number of fused-ring (bicyclic) bond motifs is 11. The van der Waals surface area contributed by atoms with Gasteiger partial charge < -0.3 is 13.7 Å². The van der Waals surface area contributed by atoms with Gasteiger partial charge in [0, 0.05) is 43.6 Å².